The monoisotopic (exact) mass is 477 g/mol. The summed E-state index contributed by atoms with van der Waals surface area (Å²) in [5.74, 6) is 1.53. The molecule has 2 N–H and O–H groups in total. The first-order chi connectivity index (χ1) is 17.5. The lowest BCUT2D eigenvalue weighted by Crippen LogP contribution is -2.13. The Hall–Kier alpha value is -4.64. The molecular weight excluding hydrogens is 454 g/mol. The van der Waals surface area contributed by atoms with Gasteiger partial charge in [0.05, 0.1) is 23.9 Å². The third-order valence-electron chi connectivity index (χ3n) is 6.59. The molecule has 0 aliphatic heterocycles. The molecule has 2 heterocycles. The van der Waals surface area contributed by atoms with Crippen molar-refractivity contribution in [2.24, 2.45) is 5.92 Å². The van der Waals surface area contributed by atoms with Crippen LogP contribution < -0.4 is 15.4 Å². The molecule has 6 rings (SSSR count). The number of benzene rings is 2. The maximum atomic E-state index is 12.9. The number of nitrogens with one attached hydrogen (secondary N) is 2. The molecule has 0 saturated heterocycles. The molecule has 2 fully saturated rings. The first kappa shape index (κ1) is 21.9. The zero-order chi connectivity index (χ0) is 24.7. The summed E-state index contributed by atoms with van der Waals surface area (Å²) in [5, 5.41) is 15.2. The maximum absolute atomic E-state index is 12.9. The highest BCUT2D eigenvalue weighted by Crippen LogP contribution is 2.47. The fourth-order valence-electron chi connectivity index (χ4n) is 4.19. The Morgan fingerprint density at radius 2 is 1.83 bits per heavy atom. The quantitative estimate of drug-likeness (QED) is 0.376. The number of carbonyl (C=O) groups excluding carboxylic acids is 2. The fourth-order valence-corrected chi connectivity index (χ4v) is 4.19. The fraction of sp³-hybridized carbons (Fsp3) is 0.214. The molecule has 0 spiro atoms. The van der Waals surface area contributed by atoms with Crippen LogP contribution in [0.1, 0.15) is 41.6 Å². The van der Waals surface area contributed by atoms with Gasteiger partial charge in [-0.1, -0.05) is 18.2 Å². The van der Waals surface area contributed by atoms with E-state index in [4.69, 9.17) is 4.74 Å². The number of anilines is 2. The summed E-state index contributed by atoms with van der Waals surface area (Å²) in [5.41, 5.74) is 2.25. The van der Waals surface area contributed by atoms with Crippen LogP contribution in [-0.4, -0.2) is 21.2 Å². The number of nitrogens with zero attached hydrogens (tertiary/aromatic N) is 3. The number of rotatable bonds is 7. The van der Waals surface area contributed by atoms with Crippen LogP contribution in [0.3, 0.4) is 0 Å². The summed E-state index contributed by atoms with van der Waals surface area (Å²) < 4.78 is 7.81. The second-order valence-electron chi connectivity index (χ2n) is 9.38. The second-order valence-corrected chi connectivity index (χ2v) is 9.38. The number of amides is 2. The topological polar surface area (TPSA) is 109 Å². The number of hydrogen-bond acceptors (Lipinski definition) is 5. The molecule has 2 aromatic carbocycles. The van der Waals surface area contributed by atoms with Gasteiger partial charge < -0.3 is 19.8 Å². The van der Waals surface area contributed by atoms with E-state index in [9.17, 15) is 14.9 Å². The number of nitriles is 1. The molecular formula is C28H23N5O3. The number of hydrogen-bond donors (Lipinski definition) is 2. The van der Waals surface area contributed by atoms with Crippen LogP contribution in [0.4, 0.5) is 11.5 Å². The second kappa shape index (κ2) is 8.54. The Labute approximate surface area is 207 Å². The Balaban J connectivity index is 1.15. The summed E-state index contributed by atoms with van der Waals surface area (Å²) >= 11 is 0. The molecule has 8 heteroatoms. The van der Waals surface area contributed by atoms with Crippen molar-refractivity contribution in [3.8, 4) is 17.6 Å². The Morgan fingerprint density at radius 3 is 2.61 bits per heavy atom. The molecule has 178 valence electrons. The Morgan fingerprint density at radius 1 is 1.00 bits per heavy atom. The van der Waals surface area contributed by atoms with Crippen molar-refractivity contribution in [3.63, 3.8) is 0 Å². The van der Waals surface area contributed by atoms with E-state index >= 15 is 0 Å². The molecule has 2 aliphatic carbocycles. The van der Waals surface area contributed by atoms with Crippen molar-refractivity contribution in [3.05, 3.63) is 84.2 Å². The molecule has 0 unspecified atom stereocenters. The molecule has 2 amide bonds. The van der Waals surface area contributed by atoms with E-state index in [-0.39, 0.29) is 17.7 Å². The van der Waals surface area contributed by atoms with E-state index in [0.717, 1.165) is 31.2 Å². The Kier molecular flexibility index (Phi) is 5.19. The van der Waals surface area contributed by atoms with Crippen LogP contribution in [0.2, 0.25) is 0 Å². The first-order valence-corrected chi connectivity index (χ1v) is 11.9. The summed E-state index contributed by atoms with van der Waals surface area (Å²) in [4.78, 5) is 29.3. The standard InChI is InChI=1S/C28H23N5O3/c29-17-28(11-12-28)20-4-1-3-19(13-20)27(35)30-21-5-2-6-22(14-21)36-23-9-10-25-31-24(16-33(25)15-23)32-26(34)18-7-8-18/h1-6,9-10,13-16,18H,7-8,11-12H2,(H,30,35)(H,32,34). The van der Waals surface area contributed by atoms with Crippen molar-refractivity contribution in [2.45, 2.75) is 31.1 Å². The van der Waals surface area contributed by atoms with E-state index in [1.165, 1.54) is 0 Å². The molecule has 2 aliphatic rings. The first-order valence-electron chi connectivity index (χ1n) is 11.9. The molecule has 2 aromatic heterocycles. The summed E-state index contributed by atoms with van der Waals surface area (Å²) in [6.07, 6.45) is 7.07. The average molecular weight is 478 g/mol. The minimum Gasteiger partial charge on any atom is -0.456 e. The molecule has 4 aromatic rings. The van der Waals surface area contributed by atoms with Crippen LogP contribution in [0, 0.1) is 17.2 Å². The lowest BCUT2D eigenvalue weighted by atomic mass is 9.96. The van der Waals surface area contributed by atoms with Gasteiger partial charge in [-0.3, -0.25) is 9.59 Å². The van der Waals surface area contributed by atoms with Crippen LogP contribution in [0.25, 0.3) is 5.65 Å². The highest BCUT2D eigenvalue weighted by molar-refractivity contribution is 6.04. The van der Waals surface area contributed by atoms with E-state index in [1.54, 1.807) is 59.3 Å². The smallest absolute Gasteiger partial charge is 0.255 e. The van der Waals surface area contributed by atoms with Crippen LogP contribution in [0.5, 0.6) is 11.5 Å². The minimum atomic E-state index is -0.441. The van der Waals surface area contributed by atoms with Gasteiger partial charge in [-0.25, -0.2) is 4.98 Å². The number of carbonyl (C=O) groups is 2. The molecule has 0 radical (unpaired) electrons. The third-order valence-corrected chi connectivity index (χ3v) is 6.59. The maximum Gasteiger partial charge on any atom is 0.255 e. The van der Waals surface area contributed by atoms with E-state index < -0.39 is 5.41 Å². The highest BCUT2D eigenvalue weighted by Gasteiger charge is 2.45. The number of imidazole rings is 1. The number of fused-ring (bicyclic) bond motifs is 1. The van der Waals surface area contributed by atoms with E-state index in [1.807, 2.05) is 18.2 Å². The summed E-state index contributed by atoms with van der Waals surface area (Å²) in [7, 11) is 0. The number of aromatic nitrogens is 2. The van der Waals surface area contributed by atoms with Crippen molar-refractivity contribution < 1.29 is 14.3 Å². The number of pyridine rings is 1. The van der Waals surface area contributed by atoms with Gasteiger partial charge in [0.25, 0.3) is 5.91 Å². The van der Waals surface area contributed by atoms with Gasteiger partial charge in [0.1, 0.15) is 17.1 Å². The van der Waals surface area contributed by atoms with Gasteiger partial charge in [0.2, 0.25) is 5.91 Å². The zero-order valence-electron chi connectivity index (χ0n) is 19.4. The number of ether oxygens (including phenoxy) is 1. The largest absolute Gasteiger partial charge is 0.456 e. The summed E-state index contributed by atoms with van der Waals surface area (Å²) in [6.45, 7) is 0. The molecule has 0 bridgehead atoms. The third kappa shape index (κ3) is 4.39. The minimum absolute atomic E-state index is 0.0116. The highest BCUT2D eigenvalue weighted by atomic mass is 16.5. The van der Waals surface area contributed by atoms with Gasteiger partial charge in [-0.2, -0.15) is 5.26 Å². The van der Waals surface area contributed by atoms with Crippen molar-refractivity contribution >= 4 is 29.0 Å². The predicted octanol–water partition coefficient (Wildman–Crippen LogP) is 5.28. The van der Waals surface area contributed by atoms with Crippen molar-refractivity contribution in [2.75, 3.05) is 10.6 Å². The van der Waals surface area contributed by atoms with Gasteiger partial charge in [0, 0.05) is 23.2 Å². The van der Waals surface area contributed by atoms with E-state index in [2.05, 4.69) is 21.7 Å². The van der Waals surface area contributed by atoms with Crippen molar-refractivity contribution in [1.82, 2.24) is 9.38 Å². The van der Waals surface area contributed by atoms with Gasteiger partial charge >= 0.3 is 0 Å². The Bertz CT molecular complexity index is 1540. The molecule has 0 atom stereocenters. The zero-order valence-corrected chi connectivity index (χ0v) is 19.4. The molecule has 36 heavy (non-hydrogen) atoms. The van der Waals surface area contributed by atoms with E-state index in [0.29, 0.717) is 34.2 Å². The van der Waals surface area contributed by atoms with Crippen LogP contribution in [0.15, 0.2) is 73.1 Å². The average Bonchev–Trinajstić information content (AvgIpc) is 3.81. The van der Waals surface area contributed by atoms with Gasteiger partial charge in [0.15, 0.2) is 5.82 Å². The van der Waals surface area contributed by atoms with Gasteiger partial charge in [-0.15, -0.1) is 0 Å². The lowest BCUT2D eigenvalue weighted by molar-refractivity contribution is -0.117. The summed E-state index contributed by atoms with van der Waals surface area (Å²) in [6, 6.07) is 20.4. The van der Waals surface area contributed by atoms with Crippen LogP contribution >= 0.6 is 0 Å². The molecule has 8 nitrogen and oxygen atoms in total. The van der Waals surface area contributed by atoms with Crippen LogP contribution in [-0.2, 0) is 10.2 Å². The SMILES string of the molecule is N#CC1(c2cccc(C(=O)Nc3cccc(Oc4ccc5nc(NC(=O)C6CC6)cn5c4)c3)c2)CC1. The van der Waals surface area contributed by atoms with Crippen molar-refractivity contribution in [1.29, 1.82) is 5.26 Å². The molecule has 2 saturated carbocycles. The predicted molar refractivity (Wildman–Crippen MR) is 134 cm³/mol. The lowest BCUT2D eigenvalue weighted by Gasteiger charge is -2.11. The normalized spacial score (nSPS) is 15.6. The van der Waals surface area contributed by atoms with Gasteiger partial charge in [-0.05, 0) is 67.6 Å².